The van der Waals surface area contributed by atoms with Crippen LogP contribution in [0.25, 0.3) is 0 Å². The summed E-state index contributed by atoms with van der Waals surface area (Å²) in [6.07, 6.45) is 1.39. The number of rotatable bonds is 2. The van der Waals surface area contributed by atoms with E-state index in [4.69, 9.17) is 15.9 Å². The predicted molar refractivity (Wildman–Crippen MR) is 40.3 cm³/mol. The molecule has 1 rings (SSSR count). The molecule has 0 unspecified atom stereocenters. The summed E-state index contributed by atoms with van der Waals surface area (Å²) in [5, 5.41) is 0. The number of nitrogens with two attached hydrogens (primary N) is 2. The fourth-order valence-electron chi connectivity index (χ4n) is 0.518. The highest BCUT2D eigenvalue weighted by Gasteiger charge is 2.02. The van der Waals surface area contributed by atoms with E-state index in [1.165, 1.54) is 6.26 Å². The molecule has 1 aromatic heterocycles. The number of oxazole rings is 1. The average Bonchev–Trinajstić information content (AvgIpc) is 2.34. The topological polar surface area (TPSA) is 78.1 Å². The van der Waals surface area contributed by atoms with Crippen molar-refractivity contribution in [2.75, 3.05) is 0 Å². The first-order valence-corrected chi connectivity index (χ1v) is 3.09. The Morgan fingerprint density at radius 3 is 2.80 bits per heavy atom. The van der Waals surface area contributed by atoms with E-state index in [1.807, 2.05) is 0 Å². The molecule has 0 aliphatic carbocycles. The van der Waals surface area contributed by atoms with Gasteiger partial charge in [-0.15, -0.1) is 0 Å². The molecule has 0 radical (unpaired) electrons. The number of hydrogen-bond acceptors (Lipinski definition) is 4. The van der Waals surface area contributed by atoms with Crippen molar-refractivity contribution in [2.45, 2.75) is 6.54 Å². The first-order chi connectivity index (χ1) is 4.74. The van der Waals surface area contributed by atoms with Crippen LogP contribution in [0.3, 0.4) is 0 Å². The van der Waals surface area contributed by atoms with Gasteiger partial charge in [0.05, 0.1) is 6.54 Å². The molecule has 0 aliphatic rings. The Bertz CT molecular complexity index is 245. The number of hydrogen-bond donors (Lipinski definition) is 2. The second-order valence-corrected chi connectivity index (χ2v) is 2.13. The van der Waals surface area contributed by atoms with Crippen molar-refractivity contribution in [1.82, 2.24) is 4.98 Å². The van der Waals surface area contributed by atoms with E-state index in [0.717, 1.165) is 0 Å². The molecule has 0 spiro atoms. The van der Waals surface area contributed by atoms with Crippen molar-refractivity contribution in [1.29, 1.82) is 0 Å². The van der Waals surface area contributed by atoms with E-state index in [9.17, 15) is 0 Å². The fraction of sp³-hybridized carbons (Fsp3) is 0.200. The van der Waals surface area contributed by atoms with E-state index in [1.54, 1.807) is 0 Å². The monoisotopic (exact) mass is 157 g/mol. The van der Waals surface area contributed by atoms with Gasteiger partial charge in [0.1, 0.15) is 16.9 Å². The lowest BCUT2D eigenvalue weighted by atomic mass is 10.5. The largest absolute Gasteiger partial charge is 0.447 e. The second-order valence-electron chi connectivity index (χ2n) is 1.69. The van der Waals surface area contributed by atoms with Gasteiger partial charge in [-0.3, -0.25) is 0 Å². The molecule has 1 aromatic rings. The Morgan fingerprint density at radius 1 is 1.80 bits per heavy atom. The van der Waals surface area contributed by atoms with Gasteiger partial charge in [-0.1, -0.05) is 12.2 Å². The normalized spacial score (nSPS) is 9.70. The first kappa shape index (κ1) is 7.17. The van der Waals surface area contributed by atoms with E-state index < -0.39 is 0 Å². The third-order valence-electron chi connectivity index (χ3n) is 0.979. The molecule has 0 saturated heterocycles. The van der Waals surface area contributed by atoms with Crippen molar-refractivity contribution < 1.29 is 4.42 Å². The Labute approximate surface area is 63.2 Å². The summed E-state index contributed by atoms with van der Waals surface area (Å²) in [5.74, 6) is 0.447. The minimum absolute atomic E-state index is 0.225. The maximum absolute atomic E-state index is 5.25. The second kappa shape index (κ2) is 2.76. The van der Waals surface area contributed by atoms with Gasteiger partial charge < -0.3 is 15.9 Å². The van der Waals surface area contributed by atoms with Gasteiger partial charge in [0.15, 0.2) is 0 Å². The van der Waals surface area contributed by atoms with E-state index in [0.29, 0.717) is 11.6 Å². The summed E-state index contributed by atoms with van der Waals surface area (Å²) in [7, 11) is 0. The van der Waals surface area contributed by atoms with Crippen molar-refractivity contribution in [3.05, 3.63) is 17.8 Å². The minimum atomic E-state index is 0.225. The van der Waals surface area contributed by atoms with E-state index >= 15 is 0 Å². The van der Waals surface area contributed by atoms with Crippen LogP contribution in [0.1, 0.15) is 11.6 Å². The first-order valence-electron chi connectivity index (χ1n) is 2.68. The van der Waals surface area contributed by atoms with Crippen LogP contribution in [0.2, 0.25) is 0 Å². The van der Waals surface area contributed by atoms with Crippen molar-refractivity contribution in [3.63, 3.8) is 0 Å². The van der Waals surface area contributed by atoms with Crippen LogP contribution in [0.4, 0.5) is 0 Å². The molecule has 0 amide bonds. The summed E-state index contributed by atoms with van der Waals surface area (Å²) in [6.45, 7) is 0.266. The Balaban J connectivity index is 2.88. The summed E-state index contributed by atoms with van der Waals surface area (Å²) < 4.78 is 4.87. The molecular weight excluding hydrogens is 150 g/mol. The maximum Gasteiger partial charge on any atom is 0.208 e. The van der Waals surface area contributed by atoms with Gasteiger partial charge in [-0.25, -0.2) is 4.98 Å². The molecular formula is C5H7N3OS. The highest BCUT2D eigenvalue weighted by molar-refractivity contribution is 7.80. The molecule has 4 nitrogen and oxygen atoms in total. The smallest absolute Gasteiger partial charge is 0.208 e. The third-order valence-corrected chi connectivity index (χ3v) is 1.19. The Kier molecular flexibility index (Phi) is 1.98. The lowest BCUT2D eigenvalue weighted by Gasteiger charge is -1.84. The molecule has 0 fully saturated rings. The van der Waals surface area contributed by atoms with Gasteiger partial charge in [0.25, 0.3) is 0 Å². The van der Waals surface area contributed by atoms with Crippen LogP contribution in [-0.2, 0) is 6.54 Å². The zero-order chi connectivity index (χ0) is 7.56. The van der Waals surface area contributed by atoms with Crippen molar-refractivity contribution in [2.24, 2.45) is 11.5 Å². The number of aromatic nitrogens is 1. The average molecular weight is 157 g/mol. The lowest BCUT2D eigenvalue weighted by molar-refractivity contribution is 0.497. The Hall–Kier alpha value is -0.940. The molecule has 1 heterocycles. The lowest BCUT2D eigenvalue weighted by Crippen LogP contribution is -2.10. The van der Waals surface area contributed by atoms with E-state index in [-0.39, 0.29) is 11.5 Å². The van der Waals surface area contributed by atoms with Gasteiger partial charge in [-0.2, -0.15) is 0 Å². The quantitative estimate of drug-likeness (QED) is 0.580. The third kappa shape index (κ3) is 1.31. The highest BCUT2D eigenvalue weighted by atomic mass is 32.1. The zero-order valence-corrected chi connectivity index (χ0v) is 6.02. The van der Waals surface area contributed by atoms with Crippen LogP contribution >= 0.6 is 12.2 Å². The predicted octanol–water partition coefficient (Wildman–Crippen LogP) is -0.233. The van der Waals surface area contributed by atoms with Gasteiger partial charge >= 0.3 is 0 Å². The minimum Gasteiger partial charge on any atom is -0.447 e. The summed E-state index contributed by atoms with van der Waals surface area (Å²) >= 11 is 4.64. The molecule has 0 atom stereocenters. The highest BCUT2D eigenvalue weighted by Crippen LogP contribution is 1.99. The standard InChI is InChI=1S/C5H7N3OS/c6-1-4-8-3(2-9-4)5(7)10/h2H,1,6H2,(H2,7,10). The molecule has 0 aliphatic heterocycles. The number of thiocarbonyl (C=S) groups is 1. The van der Waals surface area contributed by atoms with Gasteiger partial charge in [0, 0.05) is 0 Å². The van der Waals surface area contributed by atoms with Gasteiger partial charge in [0.2, 0.25) is 5.89 Å². The molecule has 54 valence electrons. The molecule has 5 heteroatoms. The van der Waals surface area contributed by atoms with Crippen LogP contribution in [0.5, 0.6) is 0 Å². The van der Waals surface area contributed by atoms with Crippen molar-refractivity contribution in [3.8, 4) is 0 Å². The summed E-state index contributed by atoms with van der Waals surface area (Å²) in [5.41, 5.74) is 11.0. The van der Waals surface area contributed by atoms with Gasteiger partial charge in [-0.05, 0) is 0 Å². The molecule has 0 aromatic carbocycles. The van der Waals surface area contributed by atoms with E-state index in [2.05, 4.69) is 17.2 Å². The molecule has 4 N–H and O–H groups in total. The number of nitrogens with zero attached hydrogens (tertiary/aromatic N) is 1. The molecule has 10 heavy (non-hydrogen) atoms. The van der Waals surface area contributed by atoms with Crippen LogP contribution < -0.4 is 11.5 Å². The molecule has 0 saturated carbocycles. The molecule has 0 bridgehead atoms. The summed E-state index contributed by atoms with van der Waals surface area (Å²) in [4.78, 5) is 4.10. The summed E-state index contributed by atoms with van der Waals surface area (Å²) in [6, 6.07) is 0. The zero-order valence-electron chi connectivity index (χ0n) is 5.20. The van der Waals surface area contributed by atoms with Crippen LogP contribution in [-0.4, -0.2) is 9.97 Å². The maximum atomic E-state index is 5.25. The fourth-order valence-corrected chi connectivity index (χ4v) is 0.612. The Morgan fingerprint density at radius 2 is 2.50 bits per heavy atom. The van der Waals surface area contributed by atoms with Crippen molar-refractivity contribution >= 4 is 17.2 Å². The van der Waals surface area contributed by atoms with Crippen LogP contribution in [0.15, 0.2) is 10.7 Å². The van der Waals surface area contributed by atoms with Crippen LogP contribution in [0, 0.1) is 0 Å². The SMILES string of the molecule is NCc1nc(C(N)=S)co1.